The van der Waals surface area contributed by atoms with Gasteiger partial charge in [-0.15, -0.1) is 0 Å². The largest absolute Gasteiger partial charge is 0.497 e. The van der Waals surface area contributed by atoms with Crippen LogP contribution in [0.15, 0.2) is 58.0 Å². The van der Waals surface area contributed by atoms with E-state index in [1.807, 2.05) is 24.3 Å². The number of aromatic amines is 1. The fraction of sp³-hybridized carbons (Fsp3) is 0.118. The molecule has 0 fully saturated rings. The smallest absolute Gasteiger partial charge is 0.287 e. The van der Waals surface area contributed by atoms with Crippen molar-refractivity contribution in [2.24, 2.45) is 0 Å². The van der Waals surface area contributed by atoms with Crippen LogP contribution in [0.1, 0.15) is 16.2 Å². The molecule has 3 aromatic rings. The molecule has 0 radical (unpaired) electrons. The molecule has 0 atom stereocenters. The van der Waals surface area contributed by atoms with E-state index in [4.69, 9.17) is 9.15 Å². The lowest BCUT2D eigenvalue weighted by molar-refractivity contribution is 0.0923. The highest BCUT2D eigenvalue weighted by Crippen LogP contribution is 2.24. The van der Waals surface area contributed by atoms with Gasteiger partial charge < -0.3 is 19.5 Å². The summed E-state index contributed by atoms with van der Waals surface area (Å²) in [5.74, 6) is 1.13. The molecule has 0 spiro atoms. The zero-order valence-electron chi connectivity index (χ0n) is 12.9. The van der Waals surface area contributed by atoms with Crippen LogP contribution in [-0.2, 0) is 6.54 Å². The number of amides is 1. The molecule has 0 saturated heterocycles. The van der Waals surface area contributed by atoms with Crippen LogP contribution in [0.2, 0.25) is 0 Å². The standard InChI is InChI=1S/C17H15N3O4/c1-23-13-4-2-11(3-5-13)14-6-7-15(24-14)17(22)18-9-12-8-16(21)20-10-19-12/h2-8,10H,9H2,1H3,(H,18,22)(H,19,20,21). The van der Waals surface area contributed by atoms with Crippen LogP contribution < -0.4 is 15.6 Å². The van der Waals surface area contributed by atoms with Gasteiger partial charge in [0.05, 0.1) is 25.7 Å². The molecule has 0 bridgehead atoms. The first-order valence-electron chi connectivity index (χ1n) is 7.22. The number of hydrogen-bond acceptors (Lipinski definition) is 5. The van der Waals surface area contributed by atoms with Crippen molar-refractivity contribution >= 4 is 5.91 Å². The summed E-state index contributed by atoms with van der Waals surface area (Å²) in [5, 5.41) is 2.66. The number of carbonyl (C=O) groups is 1. The SMILES string of the molecule is COc1ccc(-c2ccc(C(=O)NCc3cc(=O)[nH]cn3)o2)cc1. The maximum Gasteiger partial charge on any atom is 0.287 e. The zero-order chi connectivity index (χ0) is 16.9. The molecule has 0 aliphatic rings. The highest BCUT2D eigenvalue weighted by atomic mass is 16.5. The number of nitrogens with one attached hydrogen (secondary N) is 2. The first-order valence-corrected chi connectivity index (χ1v) is 7.22. The van der Waals surface area contributed by atoms with E-state index in [2.05, 4.69) is 15.3 Å². The van der Waals surface area contributed by atoms with E-state index in [0.717, 1.165) is 11.3 Å². The lowest BCUT2D eigenvalue weighted by atomic mass is 10.2. The van der Waals surface area contributed by atoms with Gasteiger partial charge in [-0.3, -0.25) is 9.59 Å². The van der Waals surface area contributed by atoms with Gasteiger partial charge >= 0.3 is 0 Å². The van der Waals surface area contributed by atoms with Gasteiger partial charge in [0.15, 0.2) is 5.76 Å². The number of H-pyrrole nitrogens is 1. The summed E-state index contributed by atoms with van der Waals surface area (Å²) in [6, 6.07) is 12.0. The third-order valence-corrected chi connectivity index (χ3v) is 3.37. The number of hydrogen-bond donors (Lipinski definition) is 2. The van der Waals surface area contributed by atoms with E-state index in [1.54, 1.807) is 19.2 Å². The summed E-state index contributed by atoms with van der Waals surface area (Å²) in [5.41, 5.74) is 1.04. The first kappa shape index (κ1) is 15.5. The molecule has 7 nitrogen and oxygen atoms in total. The Balaban J connectivity index is 1.67. The quantitative estimate of drug-likeness (QED) is 0.747. The maximum atomic E-state index is 12.1. The van der Waals surface area contributed by atoms with Gasteiger partial charge in [0.2, 0.25) is 0 Å². The van der Waals surface area contributed by atoms with E-state index in [0.29, 0.717) is 11.5 Å². The lowest BCUT2D eigenvalue weighted by Gasteiger charge is -2.03. The Morgan fingerprint density at radius 2 is 2.04 bits per heavy atom. The van der Waals surface area contributed by atoms with Crippen LogP contribution in [0.5, 0.6) is 5.75 Å². The Morgan fingerprint density at radius 3 is 2.75 bits per heavy atom. The average molecular weight is 325 g/mol. The summed E-state index contributed by atoms with van der Waals surface area (Å²) in [4.78, 5) is 29.7. The lowest BCUT2D eigenvalue weighted by Crippen LogP contribution is -2.23. The van der Waals surface area contributed by atoms with Crippen molar-refractivity contribution in [1.82, 2.24) is 15.3 Å². The van der Waals surface area contributed by atoms with Crippen LogP contribution in [0.4, 0.5) is 0 Å². The number of aromatic nitrogens is 2. The molecule has 122 valence electrons. The Bertz CT molecular complexity index is 896. The normalized spacial score (nSPS) is 10.4. The number of furan rings is 1. The number of rotatable bonds is 5. The molecule has 24 heavy (non-hydrogen) atoms. The predicted octanol–water partition coefficient (Wildman–Crippen LogP) is 1.97. The van der Waals surface area contributed by atoms with Crippen molar-refractivity contribution in [1.29, 1.82) is 0 Å². The van der Waals surface area contributed by atoms with Gasteiger partial charge in [0.25, 0.3) is 11.5 Å². The third kappa shape index (κ3) is 3.52. The summed E-state index contributed by atoms with van der Waals surface area (Å²) in [6.07, 6.45) is 1.29. The first-order chi connectivity index (χ1) is 11.7. The topological polar surface area (TPSA) is 97.2 Å². The molecule has 2 heterocycles. The highest BCUT2D eigenvalue weighted by molar-refractivity contribution is 5.92. The molecule has 0 saturated carbocycles. The second-order valence-electron chi connectivity index (χ2n) is 4.98. The van der Waals surface area contributed by atoms with Gasteiger partial charge in [-0.2, -0.15) is 0 Å². The number of carbonyl (C=O) groups excluding carboxylic acids is 1. The molecule has 0 aliphatic carbocycles. The molecule has 0 unspecified atom stereocenters. The van der Waals surface area contributed by atoms with Crippen LogP contribution in [-0.4, -0.2) is 23.0 Å². The van der Waals surface area contributed by atoms with E-state index in [9.17, 15) is 9.59 Å². The number of ether oxygens (including phenoxy) is 1. The fourth-order valence-corrected chi connectivity index (χ4v) is 2.13. The molecule has 1 aromatic carbocycles. The van der Waals surface area contributed by atoms with Crippen molar-refractivity contribution in [2.75, 3.05) is 7.11 Å². The average Bonchev–Trinajstić information content (AvgIpc) is 3.10. The summed E-state index contributed by atoms with van der Waals surface area (Å²) < 4.78 is 10.7. The summed E-state index contributed by atoms with van der Waals surface area (Å²) in [7, 11) is 1.60. The Morgan fingerprint density at radius 1 is 1.25 bits per heavy atom. The summed E-state index contributed by atoms with van der Waals surface area (Å²) >= 11 is 0. The number of methoxy groups -OCH3 is 1. The van der Waals surface area contributed by atoms with Crippen LogP contribution >= 0.6 is 0 Å². The monoisotopic (exact) mass is 325 g/mol. The van der Waals surface area contributed by atoms with Crippen molar-refractivity contribution in [3.8, 4) is 17.1 Å². The highest BCUT2D eigenvalue weighted by Gasteiger charge is 2.12. The second-order valence-corrected chi connectivity index (χ2v) is 4.98. The van der Waals surface area contributed by atoms with E-state index < -0.39 is 0 Å². The maximum absolute atomic E-state index is 12.1. The minimum Gasteiger partial charge on any atom is -0.497 e. The molecule has 2 N–H and O–H groups in total. The minimum absolute atomic E-state index is 0.140. The van der Waals surface area contributed by atoms with Gasteiger partial charge in [-0.1, -0.05) is 0 Å². The molecular weight excluding hydrogens is 310 g/mol. The van der Waals surface area contributed by atoms with Crippen LogP contribution in [0, 0.1) is 0 Å². The summed E-state index contributed by atoms with van der Waals surface area (Å²) in [6.45, 7) is 0.140. The Hall–Kier alpha value is -3.35. The van der Waals surface area contributed by atoms with E-state index in [1.165, 1.54) is 12.4 Å². The Kier molecular flexibility index (Phi) is 4.42. The van der Waals surface area contributed by atoms with E-state index >= 15 is 0 Å². The van der Waals surface area contributed by atoms with Crippen molar-refractivity contribution in [2.45, 2.75) is 6.54 Å². The molecule has 7 heteroatoms. The molecular formula is C17H15N3O4. The van der Waals surface area contributed by atoms with Crippen LogP contribution in [0.3, 0.4) is 0 Å². The molecule has 1 amide bonds. The predicted molar refractivity (Wildman–Crippen MR) is 86.7 cm³/mol. The Labute approximate surface area is 137 Å². The molecule has 2 aromatic heterocycles. The van der Waals surface area contributed by atoms with E-state index in [-0.39, 0.29) is 23.8 Å². The van der Waals surface area contributed by atoms with Crippen molar-refractivity contribution in [3.05, 3.63) is 70.6 Å². The molecule has 3 rings (SSSR count). The van der Waals surface area contributed by atoms with Crippen LogP contribution in [0.25, 0.3) is 11.3 Å². The minimum atomic E-state index is -0.378. The van der Waals surface area contributed by atoms with Crippen molar-refractivity contribution in [3.63, 3.8) is 0 Å². The number of benzene rings is 1. The number of nitrogens with zero attached hydrogens (tertiary/aromatic N) is 1. The van der Waals surface area contributed by atoms with Gasteiger partial charge in [-0.05, 0) is 36.4 Å². The second kappa shape index (κ2) is 6.82. The fourth-order valence-electron chi connectivity index (χ4n) is 2.13. The van der Waals surface area contributed by atoms with Gasteiger partial charge in [0.1, 0.15) is 11.5 Å². The van der Waals surface area contributed by atoms with Gasteiger partial charge in [-0.25, -0.2) is 4.98 Å². The molecule has 0 aliphatic heterocycles. The zero-order valence-corrected chi connectivity index (χ0v) is 12.9. The van der Waals surface area contributed by atoms with Gasteiger partial charge in [0, 0.05) is 11.6 Å². The van der Waals surface area contributed by atoms with Crippen molar-refractivity contribution < 1.29 is 13.9 Å². The third-order valence-electron chi connectivity index (χ3n) is 3.37.